The quantitative estimate of drug-likeness (QED) is 0.402. The normalized spacial score (nSPS) is 12.4. The monoisotopic (exact) mass is 201 g/mol. The van der Waals surface area contributed by atoms with Gasteiger partial charge < -0.3 is 9.47 Å². The largest absolute Gasteiger partial charge is 0.465 e. The van der Waals surface area contributed by atoms with Gasteiger partial charge in [0, 0.05) is 13.7 Å². The van der Waals surface area contributed by atoms with Gasteiger partial charge in [-0.25, -0.2) is 0 Å². The highest BCUT2D eigenvalue weighted by Crippen LogP contribution is 2.11. The van der Waals surface area contributed by atoms with E-state index in [0.29, 0.717) is 6.47 Å². The number of rotatable bonds is 10. The van der Waals surface area contributed by atoms with Crippen LogP contribution in [0.3, 0.4) is 0 Å². The van der Waals surface area contributed by atoms with E-state index in [1.807, 2.05) is 0 Å². The van der Waals surface area contributed by atoms with Crippen LogP contribution in [0.4, 0.5) is 0 Å². The first kappa shape index (κ1) is 13.4. The van der Waals surface area contributed by atoms with Crippen LogP contribution in [0.2, 0.25) is 0 Å². The van der Waals surface area contributed by atoms with Crippen molar-refractivity contribution < 1.29 is 14.3 Å². The Morgan fingerprint density at radius 3 is 2.64 bits per heavy atom. The Labute approximate surface area is 86.8 Å². The van der Waals surface area contributed by atoms with Crippen LogP contribution in [0.25, 0.3) is 0 Å². The van der Waals surface area contributed by atoms with Gasteiger partial charge in [0.1, 0.15) is 6.10 Å². The summed E-state index contributed by atoms with van der Waals surface area (Å²) in [6.07, 6.45) is 5.98. The van der Waals surface area contributed by atoms with E-state index in [1.54, 1.807) is 7.11 Å². The summed E-state index contributed by atoms with van der Waals surface area (Å²) >= 11 is 0. The summed E-state index contributed by atoms with van der Waals surface area (Å²) < 4.78 is 9.88. The molecular weight excluding hydrogens is 180 g/mol. The Hall–Kier alpha value is -0.570. The minimum absolute atomic E-state index is 0.0625. The van der Waals surface area contributed by atoms with Gasteiger partial charge >= 0.3 is 0 Å². The van der Waals surface area contributed by atoms with Crippen molar-refractivity contribution in [3.05, 3.63) is 6.92 Å². The van der Waals surface area contributed by atoms with Crippen molar-refractivity contribution >= 4 is 6.47 Å². The zero-order chi connectivity index (χ0) is 10.6. The molecule has 0 aromatic rings. The topological polar surface area (TPSA) is 35.5 Å². The minimum atomic E-state index is 0.0625. The molecule has 0 aromatic heterocycles. The van der Waals surface area contributed by atoms with E-state index in [2.05, 4.69) is 6.92 Å². The summed E-state index contributed by atoms with van der Waals surface area (Å²) in [6.45, 7) is 5.10. The molecule has 3 heteroatoms. The van der Waals surface area contributed by atoms with Crippen LogP contribution in [0.1, 0.15) is 38.5 Å². The van der Waals surface area contributed by atoms with E-state index in [4.69, 9.17) is 9.47 Å². The third kappa shape index (κ3) is 8.05. The fourth-order valence-electron chi connectivity index (χ4n) is 1.38. The molecule has 0 rings (SSSR count). The molecule has 3 nitrogen and oxygen atoms in total. The first-order valence-corrected chi connectivity index (χ1v) is 5.22. The zero-order valence-electron chi connectivity index (χ0n) is 9.04. The van der Waals surface area contributed by atoms with Gasteiger partial charge in [-0.1, -0.05) is 13.3 Å². The summed E-state index contributed by atoms with van der Waals surface area (Å²) in [5, 5.41) is 0. The van der Waals surface area contributed by atoms with E-state index in [1.165, 1.54) is 0 Å². The highest BCUT2D eigenvalue weighted by Gasteiger charge is 2.06. The molecule has 0 heterocycles. The van der Waals surface area contributed by atoms with Gasteiger partial charge in [0.15, 0.2) is 0 Å². The molecule has 0 aliphatic carbocycles. The van der Waals surface area contributed by atoms with Crippen molar-refractivity contribution in [3.63, 3.8) is 0 Å². The van der Waals surface area contributed by atoms with Crippen molar-refractivity contribution in [3.8, 4) is 0 Å². The fourth-order valence-corrected chi connectivity index (χ4v) is 1.38. The van der Waals surface area contributed by atoms with Gasteiger partial charge in [-0.05, 0) is 32.1 Å². The second-order valence-electron chi connectivity index (χ2n) is 3.34. The fraction of sp³-hybridized carbons (Fsp3) is 0.818. The molecule has 1 radical (unpaired) electrons. The van der Waals surface area contributed by atoms with Gasteiger partial charge in [-0.3, -0.25) is 4.79 Å². The molecule has 0 amide bonds. The molecule has 0 bridgehead atoms. The van der Waals surface area contributed by atoms with Gasteiger partial charge in [-0.2, -0.15) is 0 Å². The maximum Gasteiger partial charge on any atom is 0.293 e. The SMILES string of the molecule is [CH2]CCC(CCCCCOC)OC=O. The van der Waals surface area contributed by atoms with E-state index in [0.717, 1.165) is 45.1 Å². The molecule has 83 valence electrons. The molecule has 0 saturated heterocycles. The number of carbonyl (C=O) groups excluding carboxylic acids is 1. The summed E-state index contributed by atoms with van der Waals surface area (Å²) in [7, 11) is 1.71. The van der Waals surface area contributed by atoms with E-state index in [9.17, 15) is 4.79 Å². The molecule has 14 heavy (non-hydrogen) atoms. The van der Waals surface area contributed by atoms with Crippen LogP contribution in [0.5, 0.6) is 0 Å². The second kappa shape index (κ2) is 10.5. The molecule has 0 saturated carbocycles. The van der Waals surface area contributed by atoms with E-state index < -0.39 is 0 Å². The van der Waals surface area contributed by atoms with E-state index >= 15 is 0 Å². The van der Waals surface area contributed by atoms with Crippen LogP contribution < -0.4 is 0 Å². The van der Waals surface area contributed by atoms with Crippen LogP contribution in [-0.2, 0) is 14.3 Å². The maximum atomic E-state index is 10.2. The Bertz CT molecular complexity index is 126. The molecule has 0 aliphatic heterocycles. The summed E-state index contributed by atoms with van der Waals surface area (Å²) in [6, 6.07) is 0. The molecule has 0 aliphatic rings. The second-order valence-corrected chi connectivity index (χ2v) is 3.34. The molecule has 1 unspecified atom stereocenters. The van der Waals surface area contributed by atoms with Crippen LogP contribution in [0, 0.1) is 6.92 Å². The zero-order valence-corrected chi connectivity index (χ0v) is 9.04. The summed E-state index contributed by atoms with van der Waals surface area (Å²) in [5.41, 5.74) is 0. The third-order valence-electron chi connectivity index (χ3n) is 2.15. The predicted molar refractivity (Wildman–Crippen MR) is 55.9 cm³/mol. The highest BCUT2D eigenvalue weighted by atomic mass is 16.5. The molecular formula is C11H21O3. The van der Waals surface area contributed by atoms with Crippen molar-refractivity contribution in [2.45, 2.75) is 44.6 Å². The molecule has 1 atom stereocenters. The van der Waals surface area contributed by atoms with Gasteiger partial charge in [0.05, 0.1) is 0 Å². The Morgan fingerprint density at radius 1 is 1.29 bits per heavy atom. The molecule has 0 spiro atoms. The third-order valence-corrected chi connectivity index (χ3v) is 2.15. The van der Waals surface area contributed by atoms with Gasteiger partial charge in [0.25, 0.3) is 6.47 Å². The lowest BCUT2D eigenvalue weighted by molar-refractivity contribution is -0.134. The van der Waals surface area contributed by atoms with Crippen molar-refractivity contribution in [1.29, 1.82) is 0 Å². The van der Waals surface area contributed by atoms with Crippen LogP contribution >= 0.6 is 0 Å². The number of ether oxygens (including phenoxy) is 2. The lowest BCUT2D eigenvalue weighted by Gasteiger charge is -2.13. The van der Waals surface area contributed by atoms with Crippen molar-refractivity contribution in [1.82, 2.24) is 0 Å². The van der Waals surface area contributed by atoms with E-state index in [-0.39, 0.29) is 6.10 Å². The molecule has 0 fully saturated rings. The van der Waals surface area contributed by atoms with Crippen molar-refractivity contribution in [2.24, 2.45) is 0 Å². The van der Waals surface area contributed by atoms with Gasteiger partial charge in [-0.15, -0.1) is 0 Å². The number of hydrogen-bond acceptors (Lipinski definition) is 3. The standard InChI is InChI=1S/C11H21O3/c1-3-7-11(14-10-12)8-5-4-6-9-13-2/h10-11H,1,3-9H2,2H3. The maximum absolute atomic E-state index is 10.2. The number of methoxy groups -OCH3 is 1. The highest BCUT2D eigenvalue weighted by molar-refractivity contribution is 5.37. The lowest BCUT2D eigenvalue weighted by Crippen LogP contribution is -2.11. The molecule has 0 N–H and O–H groups in total. The average Bonchev–Trinajstić information content (AvgIpc) is 2.18. The summed E-state index contributed by atoms with van der Waals surface area (Å²) in [5.74, 6) is 0. The number of hydrogen-bond donors (Lipinski definition) is 0. The van der Waals surface area contributed by atoms with Crippen LogP contribution in [-0.4, -0.2) is 26.3 Å². The minimum Gasteiger partial charge on any atom is -0.465 e. The predicted octanol–water partition coefficient (Wildman–Crippen LogP) is 2.35. The van der Waals surface area contributed by atoms with Crippen LogP contribution in [0.15, 0.2) is 0 Å². The average molecular weight is 201 g/mol. The van der Waals surface area contributed by atoms with Gasteiger partial charge in [0.2, 0.25) is 0 Å². The first-order chi connectivity index (χ1) is 6.85. The summed E-state index contributed by atoms with van der Waals surface area (Å²) in [4.78, 5) is 10.2. The lowest BCUT2D eigenvalue weighted by atomic mass is 10.1. The first-order valence-electron chi connectivity index (χ1n) is 5.22. The van der Waals surface area contributed by atoms with Crippen molar-refractivity contribution in [2.75, 3.05) is 13.7 Å². The Balaban J connectivity index is 3.35. The number of unbranched alkanes of at least 4 members (excludes halogenated alkanes) is 2. The Kier molecular flexibility index (Phi) is 10.1. The Morgan fingerprint density at radius 2 is 2.07 bits per heavy atom. The molecule has 0 aromatic carbocycles. The smallest absolute Gasteiger partial charge is 0.293 e. The number of carbonyl (C=O) groups is 1.